The summed E-state index contributed by atoms with van der Waals surface area (Å²) in [6, 6.07) is 7.70. The van der Waals surface area contributed by atoms with E-state index in [0.29, 0.717) is 6.61 Å². The Morgan fingerprint density at radius 3 is 2.88 bits per heavy atom. The fourth-order valence-corrected chi connectivity index (χ4v) is 3.33. The van der Waals surface area contributed by atoms with E-state index in [-0.39, 0.29) is 12.0 Å². The second-order valence-corrected chi connectivity index (χ2v) is 6.83. The molecule has 1 N–H and O–H groups in total. The Morgan fingerprint density at radius 1 is 1.46 bits per heavy atom. The molecular weight excluding hydrogens is 324 g/mol. The van der Waals surface area contributed by atoms with Crippen molar-refractivity contribution in [1.82, 2.24) is 4.98 Å². The Balaban J connectivity index is 1.52. The first kappa shape index (κ1) is 17.1. The Kier molecular flexibility index (Phi) is 5.60. The number of rotatable bonds is 6. The van der Waals surface area contributed by atoms with Gasteiger partial charge < -0.3 is 14.8 Å². The van der Waals surface area contributed by atoms with Crippen LogP contribution in [0.5, 0.6) is 0 Å². The van der Waals surface area contributed by atoms with Gasteiger partial charge in [-0.3, -0.25) is 4.79 Å². The van der Waals surface area contributed by atoms with E-state index >= 15 is 0 Å². The van der Waals surface area contributed by atoms with Crippen molar-refractivity contribution in [3.8, 4) is 10.6 Å². The molecule has 1 aliphatic rings. The molecule has 2 atom stereocenters. The maximum absolute atomic E-state index is 12.2. The lowest BCUT2D eigenvalue weighted by molar-refractivity contribution is -0.128. The van der Waals surface area contributed by atoms with Gasteiger partial charge in [-0.2, -0.15) is 0 Å². The summed E-state index contributed by atoms with van der Waals surface area (Å²) in [6.07, 6.45) is 1.70. The van der Waals surface area contributed by atoms with Gasteiger partial charge in [0.05, 0.1) is 12.7 Å². The average molecular weight is 346 g/mol. The summed E-state index contributed by atoms with van der Waals surface area (Å²) >= 11 is 1.62. The topological polar surface area (TPSA) is 60.5 Å². The molecule has 1 saturated heterocycles. The van der Waals surface area contributed by atoms with E-state index in [2.05, 4.69) is 10.3 Å². The van der Waals surface area contributed by atoms with Crippen molar-refractivity contribution in [2.45, 2.75) is 38.9 Å². The molecule has 1 aliphatic heterocycles. The molecule has 2 heterocycles. The molecule has 6 heteroatoms. The lowest BCUT2D eigenvalue weighted by Crippen LogP contribution is -2.30. The first-order valence-electron chi connectivity index (χ1n) is 8.18. The number of aromatic nitrogens is 1. The fraction of sp³-hybridized carbons (Fsp3) is 0.444. The molecule has 1 aromatic carbocycles. The highest BCUT2D eigenvalue weighted by Gasteiger charge is 2.20. The maximum atomic E-state index is 12.2. The fourth-order valence-electron chi connectivity index (χ4n) is 2.53. The summed E-state index contributed by atoms with van der Waals surface area (Å²) in [4.78, 5) is 16.6. The van der Waals surface area contributed by atoms with Crippen LogP contribution in [0.3, 0.4) is 0 Å². The minimum atomic E-state index is -0.504. The zero-order valence-electron chi connectivity index (χ0n) is 14.0. The number of anilines is 1. The minimum absolute atomic E-state index is 0.126. The number of benzene rings is 1. The highest BCUT2D eigenvalue weighted by molar-refractivity contribution is 7.13. The Labute approximate surface area is 146 Å². The summed E-state index contributed by atoms with van der Waals surface area (Å²) in [5.74, 6) is -0.147. The van der Waals surface area contributed by atoms with Gasteiger partial charge in [-0.25, -0.2) is 4.98 Å². The highest BCUT2D eigenvalue weighted by Crippen LogP contribution is 2.25. The van der Waals surface area contributed by atoms with Crippen LogP contribution >= 0.6 is 11.3 Å². The molecule has 128 valence electrons. The number of nitrogens with zero attached hydrogens (tertiary/aromatic N) is 1. The van der Waals surface area contributed by atoms with Gasteiger partial charge in [0.15, 0.2) is 0 Å². The molecule has 0 saturated carbocycles. The Hall–Kier alpha value is -1.76. The standard InChI is InChI=1S/C18H22N2O3S/c1-12-11-24-18(19-12)14-5-7-15(8-6-14)20-17(21)13(2)23-10-16-4-3-9-22-16/h5-8,11,13,16H,3-4,9-10H2,1-2H3,(H,20,21)/t13-,16+/m0/s1. The third-order valence-electron chi connectivity index (χ3n) is 3.94. The monoisotopic (exact) mass is 346 g/mol. The van der Waals surface area contributed by atoms with Crippen molar-refractivity contribution in [1.29, 1.82) is 0 Å². The zero-order valence-corrected chi connectivity index (χ0v) is 14.8. The van der Waals surface area contributed by atoms with E-state index < -0.39 is 6.10 Å². The second kappa shape index (κ2) is 7.88. The van der Waals surface area contributed by atoms with E-state index in [1.807, 2.05) is 36.6 Å². The van der Waals surface area contributed by atoms with Crippen LogP contribution in [0.15, 0.2) is 29.6 Å². The number of nitrogens with one attached hydrogen (secondary N) is 1. The van der Waals surface area contributed by atoms with Gasteiger partial charge in [-0.05, 0) is 51.0 Å². The Bertz CT molecular complexity index is 678. The van der Waals surface area contributed by atoms with Crippen molar-refractivity contribution in [3.05, 3.63) is 35.3 Å². The predicted octanol–water partition coefficient (Wildman–Crippen LogP) is 3.64. The van der Waals surface area contributed by atoms with Crippen LogP contribution in [0.1, 0.15) is 25.5 Å². The number of amides is 1. The number of aryl methyl sites for hydroxylation is 1. The number of hydrogen-bond donors (Lipinski definition) is 1. The van der Waals surface area contributed by atoms with Crippen LogP contribution in [0.25, 0.3) is 10.6 Å². The summed E-state index contributed by atoms with van der Waals surface area (Å²) in [7, 11) is 0. The number of carbonyl (C=O) groups excluding carboxylic acids is 1. The van der Waals surface area contributed by atoms with Gasteiger partial charge in [0.1, 0.15) is 11.1 Å². The van der Waals surface area contributed by atoms with E-state index in [0.717, 1.165) is 41.4 Å². The van der Waals surface area contributed by atoms with Crippen molar-refractivity contribution in [2.75, 3.05) is 18.5 Å². The molecule has 24 heavy (non-hydrogen) atoms. The average Bonchev–Trinajstić information content (AvgIpc) is 3.25. The molecule has 1 aromatic heterocycles. The molecular formula is C18H22N2O3S. The molecule has 0 radical (unpaired) electrons. The molecule has 1 fully saturated rings. The second-order valence-electron chi connectivity index (χ2n) is 5.97. The highest BCUT2D eigenvalue weighted by atomic mass is 32.1. The molecule has 5 nitrogen and oxygen atoms in total. The predicted molar refractivity (Wildman–Crippen MR) is 95.3 cm³/mol. The number of hydrogen-bond acceptors (Lipinski definition) is 5. The molecule has 0 unspecified atom stereocenters. The SMILES string of the molecule is Cc1csc(-c2ccc(NC(=O)[C@H](C)OC[C@H]3CCCO3)cc2)n1. The molecule has 0 bridgehead atoms. The third kappa shape index (κ3) is 4.41. The van der Waals surface area contributed by atoms with Crippen LogP contribution < -0.4 is 5.32 Å². The van der Waals surface area contributed by atoms with Crippen LogP contribution in [-0.2, 0) is 14.3 Å². The molecule has 2 aromatic rings. The molecule has 1 amide bonds. The lowest BCUT2D eigenvalue weighted by Gasteiger charge is -2.16. The molecule has 0 aliphatic carbocycles. The van der Waals surface area contributed by atoms with Crippen LogP contribution in [0, 0.1) is 6.92 Å². The van der Waals surface area contributed by atoms with E-state index in [4.69, 9.17) is 9.47 Å². The van der Waals surface area contributed by atoms with Crippen LogP contribution in [-0.4, -0.2) is 36.3 Å². The molecule has 3 rings (SSSR count). The summed E-state index contributed by atoms with van der Waals surface area (Å²) in [5.41, 5.74) is 2.82. The van der Waals surface area contributed by atoms with Crippen molar-refractivity contribution >= 4 is 22.9 Å². The van der Waals surface area contributed by atoms with Crippen LogP contribution in [0.2, 0.25) is 0 Å². The van der Waals surface area contributed by atoms with Gasteiger partial charge in [-0.15, -0.1) is 11.3 Å². The van der Waals surface area contributed by atoms with Gasteiger partial charge in [-0.1, -0.05) is 0 Å². The van der Waals surface area contributed by atoms with Gasteiger partial charge >= 0.3 is 0 Å². The first-order chi connectivity index (χ1) is 11.6. The summed E-state index contributed by atoms with van der Waals surface area (Å²) in [5, 5.41) is 5.89. The van der Waals surface area contributed by atoms with Crippen molar-refractivity contribution in [2.24, 2.45) is 0 Å². The maximum Gasteiger partial charge on any atom is 0.253 e. The van der Waals surface area contributed by atoms with Gasteiger partial charge in [0.2, 0.25) is 0 Å². The number of carbonyl (C=O) groups is 1. The van der Waals surface area contributed by atoms with Gasteiger partial charge in [0.25, 0.3) is 5.91 Å². The van der Waals surface area contributed by atoms with E-state index in [9.17, 15) is 4.79 Å². The zero-order chi connectivity index (χ0) is 16.9. The number of ether oxygens (including phenoxy) is 2. The smallest absolute Gasteiger partial charge is 0.253 e. The largest absolute Gasteiger partial charge is 0.376 e. The molecule has 0 spiro atoms. The van der Waals surface area contributed by atoms with Gasteiger partial charge in [0, 0.05) is 28.9 Å². The van der Waals surface area contributed by atoms with Crippen molar-refractivity contribution < 1.29 is 14.3 Å². The normalized spacial score (nSPS) is 18.5. The van der Waals surface area contributed by atoms with Crippen LogP contribution in [0.4, 0.5) is 5.69 Å². The third-order valence-corrected chi connectivity index (χ3v) is 4.95. The first-order valence-corrected chi connectivity index (χ1v) is 9.06. The quantitative estimate of drug-likeness (QED) is 0.867. The van der Waals surface area contributed by atoms with E-state index in [1.54, 1.807) is 18.3 Å². The van der Waals surface area contributed by atoms with E-state index in [1.165, 1.54) is 0 Å². The minimum Gasteiger partial charge on any atom is -0.376 e. The summed E-state index contributed by atoms with van der Waals surface area (Å²) in [6.45, 7) is 5.00. The Morgan fingerprint density at radius 2 is 2.25 bits per heavy atom. The van der Waals surface area contributed by atoms with Crippen molar-refractivity contribution in [3.63, 3.8) is 0 Å². The number of thiazole rings is 1. The summed E-state index contributed by atoms with van der Waals surface area (Å²) < 4.78 is 11.1. The lowest BCUT2D eigenvalue weighted by atomic mass is 10.2.